The van der Waals surface area contributed by atoms with E-state index < -0.39 is 6.04 Å². The van der Waals surface area contributed by atoms with Crippen LogP contribution in [0.15, 0.2) is 0 Å². The van der Waals surface area contributed by atoms with Crippen molar-refractivity contribution in [1.29, 1.82) is 0 Å². The van der Waals surface area contributed by atoms with Crippen molar-refractivity contribution < 1.29 is 9.53 Å². The van der Waals surface area contributed by atoms with E-state index in [2.05, 4.69) is 6.92 Å². The lowest BCUT2D eigenvalue weighted by Crippen LogP contribution is -2.31. The maximum Gasteiger partial charge on any atom is 0.322 e. The topological polar surface area (TPSA) is 52.3 Å². The molecule has 0 saturated heterocycles. The molecule has 72 valence electrons. The lowest BCUT2D eigenvalue weighted by molar-refractivity contribution is -0.145. The third-order valence-electron chi connectivity index (χ3n) is 1.73. The fourth-order valence-corrected chi connectivity index (χ4v) is 0.799. The number of carbonyl (C=O) groups excluding carboxylic acids is 1. The van der Waals surface area contributed by atoms with E-state index in [-0.39, 0.29) is 5.97 Å². The van der Waals surface area contributed by atoms with Crippen molar-refractivity contribution in [3.8, 4) is 0 Å². The molecule has 0 bridgehead atoms. The zero-order chi connectivity index (χ0) is 9.40. The molecule has 0 heterocycles. The molecule has 0 fully saturated rings. The summed E-state index contributed by atoms with van der Waals surface area (Å²) >= 11 is 0. The Labute approximate surface area is 74.3 Å². The molecule has 0 aliphatic heterocycles. The molecular formula is C9H19NO2. The Bertz CT molecular complexity index is 126. The zero-order valence-corrected chi connectivity index (χ0v) is 8.01. The summed E-state index contributed by atoms with van der Waals surface area (Å²) in [6.45, 7) is 4.50. The van der Waals surface area contributed by atoms with Gasteiger partial charge in [-0.25, -0.2) is 0 Å². The lowest BCUT2D eigenvalue weighted by atomic mass is 10.2. The Morgan fingerprint density at radius 1 is 1.42 bits per heavy atom. The van der Waals surface area contributed by atoms with Gasteiger partial charge in [0, 0.05) is 0 Å². The van der Waals surface area contributed by atoms with Crippen molar-refractivity contribution in [2.45, 2.75) is 45.6 Å². The van der Waals surface area contributed by atoms with Gasteiger partial charge in [0.05, 0.1) is 6.61 Å². The van der Waals surface area contributed by atoms with Crippen molar-refractivity contribution in [3.05, 3.63) is 0 Å². The van der Waals surface area contributed by atoms with Gasteiger partial charge in [0.25, 0.3) is 0 Å². The average molecular weight is 173 g/mol. The van der Waals surface area contributed by atoms with Crippen LogP contribution in [-0.2, 0) is 9.53 Å². The van der Waals surface area contributed by atoms with Crippen molar-refractivity contribution >= 4 is 5.97 Å². The van der Waals surface area contributed by atoms with Crippen LogP contribution in [0.25, 0.3) is 0 Å². The average Bonchev–Trinajstić information content (AvgIpc) is 2.10. The minimum absolute atomic E-state index is 0.270. The summed E-state index contributed by atoms with van der Waals surface area (Å²) in [4.78, 5) is 11.0. The first-order valence-corrected chi connectivity index (χ1v) is 4.64. The van der Waals surface area contributed by atoms with Gasteiger partial charge >= 0.3 is 5.97 Å². The highest BCUT2D eigenvalue weighted by Gasteiger charge is 2.11. The maximum absolute atomic E-state index is 11.0. The predicted octanol–water partition coefficient (Wildman–Crippen LogP) is 1.46. The smallest absolute Gasteiger partial charge is 0.322 e. The van der Waals surface area contributed by atoms with Crippen LogP contribution in [-0.4, -0.2) is 18.6 Å². The van der Waals surface area contributed by atoms with Crippen molar-refractivity contribution in [2.75, 3.05) is 6.61 Å². The van der Waals surface area contributed by atoms with Crippen LogP contribution in [0.1, 0.15) is 39.5 Å². The van der Waals surface area contributed by atoms with Gasteiger partial charge < -0.3 is 10.5 Å². The summed E-state index contributed by atoms with van der Waals surface area (Å²) in [5, 5.41) is 0. The summed E-state index contributed by atoms with van der Waals surface area (Å²) < 4.78 is 4.93. The highest BCUT2D eigenvalue weighted by atomic mass is 16.5. The fraction of sp³-hybridized carbons (Fsp3) is 0.889. The molecule has 12 heavy (non-hydrogen) atoms. The molecule has 0 unspecified atom stereocenters. The Balaban J connectivity index is 3.31. The molecule has 3 nitrogen and oxygen atoms in total. The minimum Gasteiger partial charge on any atom is -0.465 e. The number of rotatable bonds is 6. The maximum atomic E-state index is 11.0. The van der Waals surface area contributed by atoms with Crippen LogP contribution in [0, 0.1) is 0 Å². The molecule has 0 radical (unpaired) electrons. The summed E-state index contributed by atoms with van der Waals surface area (Å²) in [6, 6.07) is -0.438. The first-order chi connectivity index (χ1) is 5.72. The molecule has 0 amide bonds. The van der Waals surface area contributed by atoms with Crippen LogP contribution in [0.2, 0.25) is 0 Å². The second-order valence-electron chi connectivity index (χ2n) is 2.89. The number of hydrogen-bond donors (Lipinski definition) is 1. The standard InChI is InChI=1S/C9H19NO2/c1-3-5-6-7-12-9(11)8(10)4-2/h8H,3-7,10H2,1-2H3/t8-/m1/s1. The molecule has 0 rings (SSSR count). The van der Waals surface area contributed by atoms with Gasteiger partial charge in [-0.3, -0.25) is 4.79 Å². The van der Waals surface area contributed by atoms with E-state index in [0.717, 1.165) is 19.3 Å². The van der Waals surface area contributed by atoms with Crippen molar-refractivity contribution in [2.24, 2.45) is 5.73 Å². The predicted molar refractivity (Wildman–Crippen MR) is 48.8 cm³/mol. The number of ether oxygens (including phenoxy) is 1. The first kappa shape index (κ1) is 11.4. The molecule has 0 aliphatic carbocycles. The number of hydrogen-bond acceptors (Lipinski definition) is 3. The van der Waals surface area contributed by atoms with Gasteiger partial charge in [-0.05, 0) is 12.8 Å². The molecule has 0 aromatic rings. The largest absolute Gasteiger partial charge is 0.465 e. The van der Waals surface area contributed by atoms with Gasteiger partial charge in [0.15, 0.2) is 0 Å². The Morgan fingerprint density at radius 2 is 2.08 bits per heavy atom. The number of unbranched alkanes of at least 4 members (excludes halogenated alkanes) is 2. The molecule has 0 saturated carbocycles. The molecule has 0 spiro atoms. The van der Waals surface area contributed by atoms with E-state index in [1.807, 2.05) is 6.92 Å². The quantitative estimate of drug-likeness (QED) is 0.488. The van der Waals surface area contributed by atoms with E-state index in [4.69, 9.17) is 10.5 Å². The normalized spacial score (nSPS) is 12.6. The van der Waals surface area contributed by atoms with E-state index >= 15 is 0 Å². The van der Waals surface area contributed by atoms with Crippen LogP contribution >= 0.6 is 0 Å². The minimum atomic E-state index is -0.438. The highest BCUT2D eigenvalue weighted by Crippen LogP contribution is 1.96. The highest BCUT2D eigenvalue weighted by molar-refractivity contribution is 5.75. The van der Waals surface area contributed by atoms with Crippen LogP contribution < -0.4 is 5.73 Å². The first-order valence-electron chi connectivity index (χ1n) is 4.64. The van der Waals surface area contributed by atoms with E-state index in [1.165, 1.54) is 0 Å². The van der Waals surface area contributed by atoms with Crippen LogP contribution in [0.4, 0.5) is 0 Å². The molecule has 0 aromatic heterocycles. The van der Waals surface area contributed by atoms with Crippen molar-refractivity contribution in [3.63, 3.8) is 0 Å². The third kappa shape index (κ3) is 5.13. The van der Waals surface area contributed by atoms with E-state index in [1.54, 1.807) is 0 Å². The Hall–Kier alpha value is -0.570. The van der Waals surface area contributed by atoms with Crippen LogP contribution in [0.5, 0.6) is 0 Å². The Kier molecular flexibility index (Phi) is 6.76. The molecule has 0 aromatic carbocycles. The second kappa shape index (κ2) is 7.10. The van der Waals surface area contributed by atoms with Gasteiger partial charge in [0.2, 0.25) is 0 Å². The molecular weight excluding hydrogens is 154 g/mol. The van der Waals surface area contributed by atoms with Gasteiger partial charge in [0.1, 0.15) is 6.04 Å². The van der Waals surface area contributed by atoms with E-state index in [0.29, 0.717) is 13.0 Å². The number of nitrogens with two attached hydrogens (primary N) is 1. The van der Waals surface area contributed by atoms with Crippen LogP contribution in [0.3, 0.4) is 0 Å². The summed E-state index contributed by atoms with van der Waals surface area (Å²) in [5.41, 5.74) is 5.46. The number of esters is 1. The van der Waals surface area contributed by atoms with Gasteiger partial charge in [-0.2, -0.15) is 0 Å². The molecule has 0 aliphatic rings. The van der Waals surface area contributed by atoms with Gasteiger partial charge in [-0.1, -0.05) is 26.7 Å². The number of carbonyl (C=O) groups is 1. The zero-order valence-electron chi connectivity index (χ0n) is 8.01. The van der Waals surface area contributed by atoms with E-state index in [9.17, 15) is 4.79 Å². The molecule has 2 N–H and O–H groups in total. The fourth-order valence-electron chi connectivity index (χ4n) is 0.799. The summed E-state index contributed by atoms with van der Waals surface area (Å²) in [5.74, 6) is -0.270. The molecule has 1 atom stereocenters. The summed E-state index contributed by atoms with van der Waals surface area (Å²) in [6.07, 6.45) is 3.83. The molecule has 3 heteroatoms. The monoisotopic (exact) mass is 173 g/mol. The lowest BCUT2D eigenvalue weighted by Gasteiger charge is -2.08. The SMILES string of the molecule is CCCCCOC(=O)[C@H](N)CC. The Morgan fingerprint density at radius 3 is 2.58 bits per heavy atom. The summed E-state index contributed by atoms with van der Waals surface area (Å²) in [7, 11) is 0. The van der Waals surface area contributed by atoms with Crippen molar-refractivity contribution in [1.82, 2.24) is 0 Å². The third-order valence-corrected chi connectivity index (χ3v) is 1.73. The second-order valence-corrected chi connectivity index (χ2v) is 2.89. The van der Waals surface area contributed by atoms with Gasteiger partial charge in [-0.15, -0.1) is 0 Å².